The lowest BCUT2D eigenvalue weighted by Crippen LogP contribution is -1.92. The zero-order valence-corrected chi connectivity index (χ0v) is 10.4. The van der Waals surface area contributed by atoms with Crippen molar-refractivity contribution in [3.05, 3.63) is 60.9 Å². The maximum absolute atomic E-state index is 4.28. The number of aromatic nitrogens is 2. The monoisotopic (exact) mass is 250 g/mol. The van der Waals surface area contributed by atoms with E-state index in [1.165, 1.54) is 20.2 Å². The van der Waals surface area contributed by atoms with Gasteiger partial charge in [0.25, 0.3) is 0 Å². The molecule has 0 saturated carbocycles. The van der Waals surface area contributed by atoms with Crippen LogP contribution in [0.5, 0.6) is 0 Å². The first-order valence-electron chi connectivity index (χ1n) is 5.83. The molecule has 2 heterocycles. The third-order valence-electron chi connectivity index (χ3n) is 3.13. The fraction of sp³-hybridized carbons (Fsp3) is 0. The van der Waals surface area contributed by atoms with Crippen LogP contribution in [0.15, 0.2) is 60.9 Å². The molecule has 3 heteroatoms. The van der Waals surface area contributed by atoms with Crippen molar-refractivity contribution in [1.82, 2.24) is 9.78 Å². The molecule has 0 saturated heterocycles. The van der Waals surface area contributed by atoms with Crippen LogP contribution < -0.4 is 0 Å². The van der Waals surface area contributed by atoms with Crippen LogP contribution in [0.4, 0.5) is 0 Å². The highest BCUT2D eigenvalue weighted by atomic mass is 32.1. The molecule has 86 valence electrons. The summed E-state index contributed by atoms with van der Waals surface area (Å²) in [7, 11) is 0. The molecule has 4 aromatic rings. The van der Waals surface area contributed by atoms with E-state index in [4.69, 9.17) is 0 Å². The molecule has 0 aliphatic rings. The van der Waals surface area contributed by atoms with Crippen LogP contribution in [-0.4, -0.2) is 9.78 Å². The number of rotatable bonds is 1. The van der Waals surface area contributed by atoms with Crippen LogP contribution in [0.2, 0.25) is 0 Å². The van der Waals surface area contributed by atoms with Gasteiger partial charge in [-0.25, -0.2) is 4.68 Å². The Morgan fingerprint density at radius 3 is 2.67 bits per heavy atom. The molecule has 2 aromatic carbocycles. The predicted octanol–water partition coefficient (Wildman–Crippen LogP) is 4.24. The van der Waals surface area contributed by atoms with Gasteiger partial charge in [-0.15, -0.1) is 11.3 Å². The van der Waals surface area contributed by atoms with Crippen LogP contribution >= 0.6 is 11.3 Å². The molecule has 18 heavy (non-hydrogen) atoms. The maximum atomic E-state index is 4.28. The first-order valence-corrected chi connectivity index (χ1v) is 6.65. The first kappa shape index (κ1) is 9.85. The molecule has 4 rings (SSSR count). The van der Waals surface area contributed by atoms with Gasteiger partial charge in [-0.3, -0.25) is 0 Å². The summed E-state index contributed by atoms with van der Waals surface area (Å²) >= 11 is 1.84. The average Bonchev–Trinajstić information content (AvgIpc) is 3.05. The second-order valence-electron chi connectivity index (χ2n) is 4.23. The molecule has 0 atom stereocenters. The van der Waals surface area contributed by atoms with Crippen LogP contribution in [0.3, 0.4) is 0 Å². The third-order valence-corrected chi connectivity index (χ3v) is 4.28. The molecule has 2 nitrogen and oxygen atoms in total. The lowest BCUT2D eigenvalue weighted by Gasteiger charge is -2.01. The summed E-state index contributed by atoms with van der Waals surface area (Å²) in [6, 6.07) is 17.0. The Balaban J connectivity index is 2.07. The average molecular weight is 250 g/mol. The van der Waals surface area contributed by atoms with Gasteiger partial charge in [0.15, 0.2) is 0 Å². The number of hydrogen-bond donors (Lipinski definition) is 0. The van der Waals surface area contributed by atoms with E-state index in [-0.39, 0.29) is 0 Å². The number of thiophene rings is 1. The number of nitrogens with zero attached hydrogens (tertiary/aromatic N) is 2. The second kappa shape index (κ2) is 3.68. The summed E-state index contributed by atoms with van der Waals surface area (Å²) in [5.41, 5.74) is 1.11. The predicted molar refractivity (Wildman–Crippen MR) is 76.5 cm³/mol. The Kier molecular flexibility index (Phi) is 2.02. The summed E-state index contributed by atoms with van der Waals surface area (Å²) in [5, 5.41) is 6.91. The quantitative estimate of drug-likeness (QED) is 0.494. The van der Waals surface area contributed by atoms with Crippen molar-refractivity contribution in [1.29, 1.82) is 0 Å². The minimum absolute atomic E-state index is 1.11. The van der Waals surface area contributed by atoms with Gasteiger partial charge >= 0.3 is 0 Å². The fourth-order valence-corrected chi connectivity index (χ4v) is 3.36. The van der Waals surface area contributed by atoms with Gasteiger partial charge in [-0.05, 0) is 30.3 Å². The second-order valence-corrected chi connectivity index (χ2v) is 5.31. The van der Waals surface area contributed by atoms with E-state index < -0.39 is 0 Å². The van der Waals surface area contributed by atoms with E-state index in [2.05, 4.69) is 47.6 Å². The van der Waals surface area contributed by atoms with E-state index >= 15 is 0 Å². The van der Waals surface area contributed by atoms with E-state index in [9.17, 15) is 0 Å². The molecule has 0 amide bonds. The van der Waals surface area contributed by atoms with Crippen LogP contribution in [0, 0.1) is 0 Å². The Labute approximate surface area is 108 Å². The molecule has 0 fully saturated rings. The molecule has 0 aliphatic carbocycles. The number of fused-ring (bicyclic) bond motifs is 3. The van der Waals surface area contributed by atoms with Crippen molar-refractivity contribution in [3.8, 4) is 5.69 Å². The van der Waals surface area contributed by atoms with Gasteiger partial charge < -0.3 is 0 Å². The smallest absolute Gasteiger partial charge is 0.0652 e. The first-order chi connectivity index (χ1) is 8.92. The topological polar surface area (TPSA) is 17.8 Å². The summed E-state index contributed by atoms with van der Waals surface area (Å²) in [4.78, 5) is 0. The van der Waals surface area contributed by atoms with Gasteiger partial charge in [-0.2, -0.15) is 5.10 Å². The summed E-state index contributed by atoms with van der Waals surface area (Å²) in [6.07, 6.45) is 3.77. The molecular weight excluding hydrogens is 240 g/mol. The Morgan fingerprint density at radius 2 is 1.78 bits per heavy atom. The molecule has 0 radical (unpaired) electrons. The van der Waals surface area contributed by atoms with Crippen LogP contribution in [-0.2, 0) is 0 Å². The van der Waals surface area contributed by atoms with Gasteiger partial charge in [0.2, 0.25) is 0 Å². The lowest BCUT2D eigenvalue weighted by molar-refractivity contribution is 0.882. The lowest BCUT2D eigenvalue weighted by atomic mass is 10.1. The van der Waals surface area contributed by atoms with Crippen molar-refractivity contribution in [2.75, 3.05) is 0 Å². The molecule has 2 aromatic heterocycles. The van der Waals surface area contributed by atoms with E-state index in [1.807, 2.05) is 28.3 Å². The highest BCUT2D eigenvalue weighted by Gasteiger charge is 2.05. The fourth-order valence-electron chi connectivity index (χ4n) is 2.28. The van der Waals surface area contributed by atoms with E-state index in [0.717, 1.165) is 5.69 Å². The maximum Gasteiger partial charge on any atom is 0.0652 e. The highest BCUT2D eigenvalue weighted by molar-refractivity contribution is 7.25. The van der Waals surface area contributed by atoms with Crippen molar-refractivity contribution >= 4 is 31.5 Å². The minimum atomic E-state index is 1.11. The van der Waals surface area contributed by atoms with Crippen LogP contribution in [0.1, 0.15) is 0 Å². The molecule has 0 bridgehead atoms. The molecule has 0 N–H and O–H groups in total. The van der Waals surface area contributed by atoms with Gasteiger partial charge in [0.1, 0.15) is 0 Å². The summed E-state index contributed by atoms with van der Waals surface area (Å²) < 4.78 is 4.56. The Hall–Kier alpha value is -2.13. The zero-order valence-electron chi connectivity index (χ0n) is 9.58. The summed E-state index contributed by atoms with van der Waals surface area (Å²) in [5.74, 6) is 0. The minimum Gasteiger partial charge on any atom is -0.241 e. The zero-order chi connectivity index (χ0) is 11.9. The van der Waals surface area contributed by atoms with Crippen molar-refractivity contribution < 1.29 is 0 Å². The molecule has 0 unspecified atom stereocenters. The van der Waals surface area contributed by atoms with Crippen LogP contribution in [0.25, 0.3) is 25.9 Å². The van der Waals surface area contributed by atoms with Crippen molar-refractivity contribution in [3.63, 3.8) is 0 Å². The number of hydrogen-bond acceptors (Lipinski definition) is 2. The van der Waals surface area contributed by atoms with Gasteiger partial charge in [0, 0.05) is 32.6 Å². The largest absolute Gasteiger partial charge is 0.241 e. The van der Waals surface area contributed by atoms with Crippen molar-refractivity contribution in [2.45, 2.75) is 0 Å². The Morgan fingerprint density at radius 1 is 0.889 bits per heavy atom. The standard InChI is InChI=1S/C15H10N2S/c1-2-5-14-12(4-1)13-10-11(6-7-15(13)18-14)17-9-3-8-16-17/h1-10H. The highest BCUT2D eigenvalue weighted by Crippen LogP contribution is 2.34. The normalized spacial score (nSPS) is 11.3. The van der Waals surface area contributed by atoms with Gasteiger partial charge in [-0.1, -0.05) is 18.2 Å². The van der Waals surface area contributed by atoms with E-state index in [0.29, 0.717) is 0 Å². The third kappa shape index (κ3) is 1.38. The SMILES string of the molecule is c1ccc2c(c1)sc1ccc(-n3cccn3)cc12. The number of benzene rings is 2. The van der Waals surface area contributed by atoms with E-state index in [1.54, 1.807) is 6.20 Å². The van der Waals surface area contributed by atoms with Gasteiger partial charge in [0.05, 0.1) is 5.69 Å². The molecular formula is C15H10N2S. The Bertz CT molecular complexity index is 828. The molecule has 0 aliphatic heterocycles. The van der Waals surface area contributed by atoms with Crippen molar-refractivity contribution in [2.24, 2.45) is 0 Å². The summed E-state index contributed by atoms with van der Waals surface area (Å²) in [6.45, 7) is 0. The molecule has 0 spiro atoms.